The Hall–Kier alpha value is -0.0400. The molecule has 0 aromatic heterocycles. The minimum atomic E-state index is 0.0561. The molecule has 3 aliphatic rings. The van der Waals surface area contributed by atoms with Gasteiger partial charge in [-0.3, -0.25) is 0 Å². The second-order valence-corrected chi connectivity index (χ2v) is 5.14. The Morgan fingerprint density at radius 1 is 0.750 bits per heavy atom. The van der Waals surface area contributed by atoms with Crippen LogP contribution in [0.5, 0.6) is 0 Å². The number of rotatable bonds is 0. The molecule has 3 saturated carbocycles. The smallest absolute Gasteiger partial charge is 0.0568 e. The Kier molecular flexibility index (Phi) is 1.52. The van der Waals surface area contributed by atoms with E-state index in [1.54, 1.807) is 0 Å². The summed E-state index contributed by atoms with van der Waals surface area (Å²) >= 11 is 0. The van der Waals surface area contributed by atoms with Crippen LogP contribution in [-0.2, 0) is 0 Å². The van der Waals surface area contributed by atoms with E-state index in [1.165, 1.54) is 32.1 Å². The first-order valence-corrected chi connectivity index (χ1v) is 5.52. The van der Waals surface area contributed by atoms with E-state index in [2.05, 4.69) is 0 Å². The number of hydrogen-bond acceptors (Lipinski definition) is 1. The fourth-order valence-corrected chi connectivity index (χ4v) is 4.05. The maximum absolute atomic E-state index is 9.84. The zero-order chi connectivity index (χ0) is 8.13. The summed E-state index contributed by atoms with van der Waals surface area (Å²) in [5.74, 6) is 3.71. The standard InChI is InChI=1S/C11H18O/c12-11-4-3-7-1-2-8-5-9(11)6-10(7)8/h7-12H,1-6H2. The van der Waals surface area contributed by atoms with Crippen molar-refractivity contribution >= 4 is 0 Å². The molecule has 68 valence electrons. The van der Waals surface area contributed by atoms with E-state index < -0.39 is 0 Å². The molecule has 0 saturated heterocycles. The molecule has 3 fully saturated rings. The van der Waals surface area contributed by atoms with Crippen LogP contribution in [0.2, 0.25) is 0 Å². The van der Waals surface area contributed by atoms with Gasteiger partial charge >= 0.3 is 0 Å². The SMILES string of the molecule is OC1CCC2CCC3CC1CC23. The van der Waals surface area contributed by atoms with Crippen LogP contribution in [-0.4, -0.2) is 11.2 Å². The van der Waals surface area contributed by atoms with E-state index >= 15 is 0 Å². The molecule has 0 aliphatic heterocycles. The normalized spacial score (nSPS) is 57.2. The fraction of sp³-hybridized carbons (Fsp3) is 1.00. The molecular weight excluding hydrogens is 148 g/mol. The molecule has 1 heteroatoms. The number of hydrogen-bond donors (Lipinski definition) is 1. The fourth-order valence-electron chi connectivity index (χ4n) is 4.05. The van der Waals surface area contributed by atoms with Crippen molar-refractivity contribution in [1.29, 1.82) is 0 Å². The lowest BCUT2D eigenvalue weighted by atomic mass is 9.89. The highest BCUT2D eigenvalue weighted by molar-refractivity contribution is 4.97. The number of aliphatic hydroxyl groups excluding tert-OH is 1. The molecule has 5 unspecified atom stereocenters. The van der Waals surface area contributed by atoms with Gasteiger partial charge in [-0.15, -0.1) is 0 Å². The van der Waals surface area contributed by atoms with Crippen LogP contribution < -0.4 is 0 Å². The summed E-state index contributed by atoms with van der Waals surface area (Å²) in [6.45, 7) is 0. The highest BCUT2D eigenvalue weighted by Crippen LogP contribution is 2.54. The molecule has 0 aromatic rings. The molecule has 3 aliphatic carbocycles. The van der Waals surface area contributed by atoms with Crippen LogP contribution in [0.25, 0.3) is 0 Å². The van der Waals surface area contributed by atoms with Gasteiger partial charge in [0.05, 0.1) is 6.10 Å². The van der Waals surface area contributed by atoms with Crippen LogP contribution >= 0.6 is 0 Å². The largest absolute Gasteiger partial charge is 0.393 e. The quantitative estimate of drug-likeness (QED) is 0.585. The second-order valence-electron chi connectivity index (χ2n) is 5.14. The molecule has 1 nitrogen and oxygen atoms in total. The Bertz CT molecular complexity index is 189. The summed E-state index contributed by atoms with van der Waals surface area (Å²) in [7, 11) is 0. The van der Waals surface area contributed by atoms with Crippen LogP contribution in [0.15, 0.2) is 0 Å². The van der Waals surface area contributed by atoms with Crippen molar-refractivity contribution in [3.05, 3.63) is 0 Å². The summed E-state index contributed by atoms with van der Waals surface area (Å²) in [5, 5.41) is 9.84. The molecule has 0 heterocycles. The minimum absolute atomic E-state index is 0.0561. The van der Waals surface area contributed by atoms with Gasteiger partial charge in [-0.05, 0) is 62.2 Å². The van der Waals surface area contributed by atoms with Crippen molar-refractivity contribution in [1.82, 2.24) is 0 Å². The van der Waals surface area contributed by atoms with Crippen molar-refractivity contribution in [3.63, 3.8) is 0 Å². The lowest BCUT2D eigenvalue weighted by Gasteiger charge is -2.18. The third-order valence-corrected chi connectivity index (χ3v) is 4.68. The third kappa shape index (κ3) is 0.891. The molecule has 3 rings (SSSR count). The summed E-state index contributed by atoms with van der Waals surface area (Å²) in [4.78, 5) is 0. The average molecular weight is 166 g/mol. The molecular formula is C11H18O. The molecule has 0 radical (unpaired) electrons. The van der Waals surface area contributed by atoms with Gasteiger partial charge < -0.3 is 5.11 Å². The van der Waals surface area contributed by atoms with E-state index in [1.807, 2.05) is 0 Å². The lowest BCUT2D eigenvalue weighted by Crippen LogP contribution is -2.17. The number of fused-ring (bicyclic) bond motifs is 1. The molecule has 0 spiro atoms. The Balaban J connectivity index is 1.89. The highest BCUT2D eigenvalue weighted by Gasteiger charge is 2.47. The molecule has 1 N–H and O–H groups in total. The van der Waals surface area contributed by atoms with E-state index in [-0.39, 0.29) is 6.10 Å². The van der Waals surface area contributed by atoms with Crippen molar-refractivity contribution < 1.29 is 5.11 Å². The topological polar surface area (TPSA) is 20.2 Å². The van der Waals surface area contributed by atoms with Gasteiger partial charge in [0.15, 0.2) is 0 Å². The molecule has 0 amide bonds. The maximum Gasteiger partial charge on any atom is 0.0568 e. The van der Waals surface area contributed by atoms with Crippen molar-refractivity contribution in [2.24, 2.45) is 23.7 Å². The Labute approximate surface area is 74.2 Å². The van der Waals surface area contributed by atoms with E-state index in [4.69, 9.17) is 0 Å². The average Bonchev–Trinajstić information content (AvgIpc) is 2.55. The van der Waals surface area contributed by atoms with Crippen LogP contribution in [0.1, 0.15) is 38.5 Å². The van der Waals surface area contributed by atoms with E-state index in [9.17, 15) is 5.11 Å². The van der Waals surface area contributed by atoms with Gasteiger partial charge in [-0.25, -0.2) is 0 Å². The van der Waals surface area contributed by atoms with Crippen molar-refractivity contribution in [2.75, 3.05) is 0 Å². The van der Waals surface area contributed by atoms with Gasteiger partial charge in [0.2, 0.25) is 0 Å². The van der Waals surface area contributed by atoms with E-state index in [0.717, 1.165) is 24.2 Å². The first kappa shape index (κ1) is 7.37. The Morgan fingerprint density at radius 2 is 1.50 bits per heavy atom. The van der Waals surface area contributed by atoms with Crippen molar-refractivity contribution in [3.8, 4) is 0 Å². The van der Waals surface area contributed by atoms with Gasteiger partial charge in [-0.2, -0.15) is 0 Å². The summed E-state index contributed by atoms with van der Waals surface area (Å²) in [6.07, 6.45) is 8.12. The first-order chi connectivity index (χ1) is 5.84. The molecule has 2 bridgehead atoms. The third-order valence-electron chi connectivity index (χ3n) is 4.68. The summed E-state index contributed by atoms with van der Waals surface area (Å²) < 4.78 is 0. The predicted octanol–water partition coefficient (Wildman–Crippen LogP) is 2.19. The van der Waals surface area contributed by atoms with Gasteiger partial charge in [0, 0.05) is 0 Å². The highest BCUT2D eigenvalue weighted by atomic mass is 16.3. The zero-order valence-electron chi connectivity index (χ0n) is 7.58. The Morgan fingerprint density at radius 3 is 2.42 bits per heavy atom. The predicted molar refractivity (Wildman–Crippen MR) is 47.7 cm³/mol. The van der Waals surface area contributed by atoms with Gasteiger partial charge in [-0.1, -0.05) is 0 Å². The van der Waals surface area contributed by atoms with Crippen LogP contribution in [0.3, 0.4) is 0 Å². The van der Waals surface area contributed by atoms with Gasteiger partial charge in [0.1, 0.15) is 0 Å². The minimum Gasteiger partial charge on any atom is -0.393 e. The summed E-state index contributed by atoms with van der Waals surface area (Å²) in [6, 6.07) is 0. The van der Waals surface area contributed by atoms with E-state index in [0.29, 0.717) is 5.92 Å². The molecule has 12 heavy (non-hydrogen) atoms. The second kappa shape index (κ2) is 2.47. The monoisotopic (exact) mass is 166 g/mol. The molecule has 0 aromatic carbocycles. The maximum atomic E-state index is 9.84. The van der Waals surface area contributed by atoms with Crippen molar-refractivity contribution in [2.45, 2.75) is 44.6 Å². The zero-order valence-corrected chi connectivity index (χ0v) is 7.58. The summed E-state index contributed by atoms with van der Waals surface area (Å²) in [5.41, 5.74) is 0. The molecule has 5 atom stereocenters. The van der Waals surface area contributed by atoms with Crippen LogP contribution in [0, 0.1) is 23.7 Å². The lowest BCUT2D eigenvalue weighted by molar-refractivity contribution is 0.101. The number of aliphatic hydroxyl groups is 1. The van der Waals surface area contributed by atoms with Gasteiger partial charge in [0.25, 0.3) is 0 Å². The first-order valence-electron chi connectivity index (χ1n) is 5.52. The van der Waals surface area contributed by atoms with Crippen LogP contribution in [0.4, 0.5) is 0 Å².